The second kappa shape index (κ2) is 13.4. The molecule has 0 unspecified atom stereocenters. The predicted octanol–water partition coefficient (Wildman–Crippen LogP) is 5.13. The molecule has 2 heterocycles. The standard InChI is InChI=1S/C29H43N5O4S2/c1-22(28(35)32(2)24-12-8-5-9-13-24)39-29-31-30-27(34(29)25-14-6-3-4-7-15-25)23-11-10-16-26(21-23)40(36,37)33-17-19-38-20-18-33/h10-11,16,21-22,24-25H,3-9,12-15,17-20H2,1-2H3/t22-/m0/s1. The van der Waals surface area contributed by atoms with E-state index in [1.165, 1.54) is 48.2 Å². The Kier molecular flexibility index (Phi) is 9.86. The minimum atomic E-state index is -3.64. The Morgan fingerprint density at radius 2 is 1.65 bits per heavy atom. The molecule has 3 fully saturated rings. The normalized spacial score (nSPS) is 21.1. The highest BCUT2D eigenvalue weighted by atomic mass is 32.2. The second-order valence-corrected chi connectivity index (χ2v) is 14.6. The van der Waals surface area contributed by atoms with Crippen molar-refractivity contribution in [3.8, 4) is 11.4 Å². The number of carbonyl (C=O) groups excluding carboxylic acids is 1. The molecule has 1 amide bonds. The van der Waals surface area contributed by atoms with Gasteiger partial charge in [-0.15, -0.1) is 10.2 Å². The molecule has 40 heavy (non-hydrogen) atoms. The average Bonchev–Trinajstić information content (AvgIpc) is 3.21. The van der Waals surface area contributed by atoms with Gasteiger partial charge in [0.25, 0.3) is 0 Å². The fourth-order valence-electron chi connectivity index (χ4n) is 6.27. The lowest BCUT2D eigenvalue weighted by molar-refractivity contribution is -0.131. The summed E-state index contributed by atoms with van der Waals surface area (Å²) in [5.41, 5.74) is 0.733. The second-order valence-electron chi connectivity index (χ2n) is 11.4. The third-order valence-electron chi connectivity index (χ3n) is 8.65. The van der Waals surface area contributed by atoms with Crippen LogP contribution in [-0.2, 0) is 19.6 Å². The van der Waals surface area contributed by atoms with Gasteiger partial charge in [0.15, 0.2) is 11.0 Å². The molecule has 2 saturated carbocycles. The number of morpholine rings is 1. The first-order valence-corrected chi connectivity index (χ1v) is 17.2. The summed E-state index contributed by atoms with van der Waals surface area (Å²) in [6.07, 6.45) is 12.5. The highest BCUT2D eigenvalue weighted by Gasteiger charge is 2.31. The van der Waals surface area contributed by atoms with Gasteiger partial charge >= 0.3 is 0 Å². The predicted molar refractivity (Wildman–Crippen MR) is 157 cm³/mol. The number of hydrogen-bond donors (Lipinski definition) is 0. The van der Waals surface area contributed by atoms with E-state index in [2.05, 4.69) is 14.8 Å². The molecule has 0 N–H and O–H groups in total. The van der Waals surface area contributed by atoms with Crippen LogP contribution in [0, 0.1) is 0 Å². The summed E-state index contributed by atoms with van der Waals surface area (Å²) in [5, 5.41) is 9.66. The Bertz CT molecular complexity index is 1250. The highest BCUT2D eigenvalue weighted by Crippen LogP contribution is 2.37. The number of carbonyl (C=O) groups is 1. The molecule has 1 atom stereocenters. The van der Waals surface area contributed by atoms with Gasteiger partial charge in [0.2, 0.25) is 15.9 Å². The smallest absolute Gasteiger partial charge is 0.243 e. The van der Waals surface area contributed by atoms with E-state index in [4.69, 9.17) is 4.74 Å². The first-order valence-electron chi connectivity index (χ1n) is 14.9. The van der Waals surface area contributed by atoms with Crippen LogP contribution in [0.3, 0.4) is 0 Å². The van der Waals surface area contributed by atoms with E-state index in [9.17, 15) is 13.2 Å². The lowest BCUT2D eigenvalue weighted by Gasteiger charge is -2.32. The molecule has 0 radical (unpaired) electrons. The summed E-state index contributed by atoms with van der Waals surface area (Å²) in [7, 11) is -1.70. The summed E-state index contributed by atoms with van der Waals surface area (Å²) in [6.45, 7) is 3.48. The van der Waals surface area contributed by atoms with Gasteiger partial charge in [0.05, 0.1) is 23.4 Å². The fraction of sp³-hybridized carbons (Fsp3) is 0.690. The van der Waals surface area contributed by atoms with Crippen molar-refractivity contribution >= 4 is 27.7 Å². The van der Waals surface area contributed by atoms with E-state index in [1.807, 2.05) is 24.9 Å². The van der Waals surface area contributed by atoms with Gasteiger partial charge in [-0.2, -0.15) is 4.31 Å². The Labute approximate surface area is 243 Å². The van der Waals surface area contributed by atoms with Crippen molar-refractivity contribution in [1.82, 2.24) is 24.0 Å². The van der Waals surface area contributed by atoms with Gasteiger partial charge in [-0.3, -0.25) is 9.36 Å². The number of rotatable bonds is 8. The number of aromatic nitrogens is 3. The summed E-state index contributed by atoms with van der Waals surface area (Å²) in [5.74, 6) is 0.807. The monoisotopic (exact) mass is 589 g/mol. The average molecular weight is 590 g/mol. The zero-order chi connectivity index (χ0) is 28.1. The molecule has 220 valence electrons. The van der Waals surface area contributed by atoms with Crippen LogP contribution in [0.2, 0.25) is 0 Å². The van der Waals surface area contributed by atoms with E-state index in [1.54, 1.807) is 18.2 Å². The topological polar surface area (TPSA) is 97.6 Å². The molecule has 2 aromatic rings. The maximum absolute atomic E-state index is 13.4. The number of nitrogens with zero attached hydrogens (tertiary/aromatic N) is 5. The minimum Gasteiger partial charge on any atom is -0.379 e. The van der Waals surface area contributed by atoms with E-state index in [0.29, 0.717) is 38.2 Å². The molecule has 2 aliphatic carbocycles. The molecule has 1 aromatic heterocycles. The number of benzene rings is 1. The largest absolute Gasteiger partial charge is 0.379 e. The lowest BCUT2D eigenvalue weighted by Crippen LogP contribution is -2.42. The Hall–Kier alpha value is -1.95. The maximum atomic E-state index is 13.4. The summed E-state index contributed by atoms with van der Waals surface area (Å²) < 4.78 is 35.9. The summed E-state index contributed by atoms with van der Waals surface area (Å²) >= 11 is 1.48. The number of thioether (sulfide) groups is 1. The highest BCUT2D eigenvalue weighted by molar-refractivity contribution is 8.00. The maximum Gasteiger partial charge on any atom is 0.243 e. The van der Waals surface area contributed by atoms with Crippen LogP contribution >= 0.6 is 11.8 Å². The van der Waals surface area contributed by atoms with Crippen molar-refractivity contribution in [3.05, 3.63) is 24.3 Å². The molecular weight excluding hydrogens is 546 g/mol. The summed E-state index contributed by atoms with van der Waals surface area (Å²) in [6, 6.07) is 7.60. The van der Waals surface area contributed by atoms with Gasteiger partial charge < -0.3 is 9.64 Å². The van der Waals surface area contributed by atoms with Crippen molar-refractivity contribution in [2.45, 2.75) is 105 Å². The quantitative estimate of drug-likeness (QED) is 0.311. The van der Waals surface area contributed by atoms with Crippen LogP contribution in [0.1, 0.15) is 83.6 Å². The molecule has 1 aromatic carbocycles. The fourth-order valence-corrected chi connectivity index (χ4v) is 8.75. The molecule has 1 aliphatic heterocycles. The van der Waals surface area contributed by atoms with Gasteiger partial charge in [0.1, 0.15) is 0 Å². The van der Waals surface area contributed by atoms with Gasteiger partial charge in [-0.1, -0.05) is 68.8 Å². The van der Waals surface area contributed by atoms with Crippen LogP contribution < -0.4 is 0 Å². The van der Waals surface area contributed by atoms with Crippen LogP contribution in [0.15, 0.2) is 34.3 Å². The van der Waals surface area contributed by atoms with Crippen LogP contribution in [0.5, 0.6) is 0 Å². The minimum absolute atomic E-state index is 0.132. The Balaban J connectivity index is 1.44. The molecule has 0 bridgehead atoms. The number of sulfonamides is 1. The van der Waals surface area contributed by atoms with E-state index in [0.717, 1.165) is 49.2 Å². The Morgan fingerprint density at radius 3 is 2.35 bits per heavy atom. The van der Waals surface area contributed by atoms with Gasteiger partial charge in [0, 0.05) is 37.8 Å². The molecular formula is C29H43N5O4S2. The number of ether oxygens (including phenoxy) is 1. The zero-order valence-electron chi connectivity index (χ0n) is 23.8. The van der Waals surface area contributed by atoms with Crippen molar-refractivity contribution in [3.63, 3.8) is 0 Å². The van der Waals surface area contributed by atoms with E-state index < -0.39 is 10.0 Å². The molecule has 9 nitrogen and oxygen atoms in total. The van der Waals surface area contributed by atoms with Crippen LogP contribution in [0.25, 0.3) is 11.4 Å². The van der Waals surface area contributed by atoms with Gasteiger partial charge in [-0.05, 0) is 44.7 Å². The molecule has 11 heteroatoms. The molecule has 1 saturated heterocycles. The Morgan fingerprint density at radius 1 is 1.00 bits per heavy atom. The van der Waals surface area contributed by atoms with Crippen molar-refractivity contribution in [2.75, 3.05) is 33.4 Å². The van der Waals surface area contributed by atoms with E-state index >= 15 is 0 Å². The summed E-state index contributed by atoms with van der Waals surface area (Å²) in [4.78, 5) is 15.6. The van der Waals surface area contributed by atoms with Crippen LogP contribution in [0.4, 0.5) is 0 Å². The van der Waals surface area contributed by atoms with Crippen LogP contribution in [-0.4, -0.2) is 82.9 Å². The van der Waals surface area contributed by atoms with Crippen molar-refractivity contribution in [1.29, 1.82) is 0 Å². The first-order chi connectivity index (χ1) is 19.4. The SMILES string of the molecule is C[C@H](Sc1nnc(-c2cccc(S(=O)(=O)N3CCOCC3)c2)n1C1CCCCCC1)C(=O)N(C)C1CCCCC1. The van der Waals surface area contributed by atoms with E-state index in [-0.39, 0.29) is 22.1 Å². The lowest BCUT2D eigenvalue weighted by atomic mass is 9.94. The third kappa shape index (κ3) is 6.58. The molecule has 3 aliphatic rings. The molecule has 5 rings (SSSR count). The third-order valence-corrected chi connectivity index (χ3v) is 11.6. The number of hydrogen-bond acceptors (Lipinski definition) is 7. The van der Waals surface area contributed by atoms with Crippen molar-refractivity contribution < 1.29 is 17.9 Å². The van der Waals surface area contributed by atoms with Crippen molar-refractivity contribution in [2.24, 2.45) is 0 Å². The molecule has 0 spiro atoms. The first kappa shape index (κ1) is 29.5. The zero-order valence-corrected chi connectivity index (χ0v) is 25.5. The number of amides is 1. The van der Waals surface area contributed by atoms with Gasteiger partial charge in [-0.25, -0.2) is 8.42 Å².